The summed E-state index contributed by atoms with van der Waals surface area (Å²) in [5.41, 5.74) is 2.75. The van der Waals surface area contributed by atoms with Gasteiger partial charge in [-0.15, -0.1) is 0 Å². The Balaban J connectivity index is 1.83. The second-order valence-corrected chi connectivity index (χ2v) is 6.13. The average molecular weight is 356 g/mol. The molecule has 138 valence electrons. The summed E-state index contributed by atoms with van der Waals surface area (Å²) in [6.45, 7) is 1.25. The summed E-state index contributed by atoms with van der Waals surface area (Å²) < 4.78 is 12.9. The number of halogens is 1. The molecule has 0 atom stereocenters. The van der Waals surface area contributed by atoms with Crippen molar-refractivity contribution in [3.8, 4) is 0 Å². The minimum Gasteiger partial charge on any atom is -0.356 e. The highest BCUT2D eigenvalue weighted by molar-refractivity contribution is 5.94. The van der Waals surface area contributed by atoms with Crippen LogP contribution in [0.3, 0.4) is 0 Å². The number of carbonyl (C=O) groups is 1. The smallest absolute Gasteiger partial charge is 0.253 e. The summed E-state index contributed by atoms with van der Waals surface area (Å²) in [4.78, 5) is 17.8. The van der Waals surface area contributed by atoms with Gasteiger partial charge in [0.15, 0.2) is 5.96 Å². The minimum absolute atomic E-state index is 0.00316. The fourth-order valence-electron chi connectivity index (χ4n) is 2.45. The van der Waals surface area contributed by atoms with Crippen LogP contribution in [0.1, 0.15) is 21.5 Å². The Morgan fingerprint density at radius 3 is 2.46 bits per heavy atom. The normalized spacial score (nSPS) is 11.2. The van der Waals surface area contributed by atoms with E-state index in [1.54, 1.807) is 38.2 Å². The van der Waals surface area contributed by atoms with Crippen LogP contribution in [-0.4, -0.2) is 44.5 Å². The molecule has 6 heteroatoms. The first-order chi connectivity index (χ1) is 12.5. The number of nitrogens with zero attached hydrogens (tertiary/aromatic N) is 2. The molecule has 0 heterocycles. The Labute approximate surface area is 153 Å². The molecule has 0 fully saturated rings. The van der Waals surface area contributed by atoms with Crippen LogP contribution in [0.2, 0.25) is 0 Å². The van der Waals surface area contributed by atoms with Gasteiger partial charge in [-0.2, -0.15) is 0 Å². The lowest BCUT2D eigenvalue weighted by atomic mass is 10.1. The van der Waals surface area contributed by atoms with Crippen LogP contribution in [0, 0.1) is 5.82 Å². The molecule has 5 nitrogen and oxygen atoms in total. The molecule has 0 aliphatic carbocycles. The third-order valence-electron chi connectivity index (χ3n) is 3.88. The van der Waals surface area contributed by atoms with Gasteiger partial charge in [-0.25, -0.2) is 4.39 Å². The number of carbonyl (C=O) groups excluding carboxylic acids is 1. The van der Waals surface area contributed by atoms with E-state index in [0.29, 0.717) is 24.6 Å². The van der Waals surface area contributed by atoms with Crippen LogP contribution in [0.4, 0.5) is 4.39 Å². The molecule has 0 aromatic heterocycles. The van der Waals surface area contributed by atoms with Gasteiger partial charge in [-0.1, -0.05) is 24.3 Å². The molecule has 0 bridgehead atoms. The predicted octanol–water partition coefficient (Wildman–Crippen LogP) is 2.44. The second kappa shape index (κ2) is 9.56. The lowest BCUT2D eigenvalue weighted by molar-refractivity contribution is 0.0827. The van der Waals surface area contributed by atoms with Crippen molar-refractivity contribution in [1.82, 2.24) is 15.5 Å². The first-order valence-corrected chi connectivity index (χ1v) is 8.49. The molecular formula is C20H25FN4O. The summed E-state index contributed by atoms with van der Waals surface area (Å²) in [6.07, 6.45) is 0.770. The van der Waals surface area contributed by atoms with Gasteiger partial charge in [0.25, 0.3) is 5.91 Å². The van der Waals surface area contributed by atoms with Crippen LogP contribution in [0.5, 0.6) is 0 Å². The lowest BCUT2D eigenvalue weighted by Gasteiger charge is -2.13. The van der Waals surface area contributed by atoms with Crippen molar-refractivity contribution in [3.63, 3.8) is 0 Å². The van der Waals surface area contributed by atoms with Crippen molar-refractivity contribution < 1.29 is 9.18 Å². The third-order valence-corrected chi connectivity index (χ3v) is 3.88. The molecule has 26 heavy (non-hydrogen) atoms. The largest absolute Gasteiger partial charge is 0.356 e. The topological polar surface area (TPSA) is 56.7 Å². The SMILES string of the molecule is CN=C(NCCc1cccc(C(=O)N(C)C)c1)NCc1ccc(F)cc1. The Morgan fingerprint density at radius 1 is 1.08 bits per heavy atom. The van der Waals surface area contributed by atoms with Crippen molar-refractivity contribution in [3.05, 3.63) is 71.0 Å². The number of rotatable bonds is 6. The van der Waals surface area contributed by atoms with E-state index >= 15 is 0 Å². The molecule has 0 unspecified atom stereocenters. The zero-order chi connectivity index (χ0) is 18.9. The Bertz CT molecular complexity index is 757. The number of aliphatic imine (C=N–C) groups is 1. The second-order valence-electron chi connectivity index (χ2n) is 6.13. The standard InChI is InChI=1S/C20H25FN4O/c1-22-20(24-14-16-7-9-18(21)10-8-16)23-12-11-15-5-4-6-17(13-15)19(26)25(2)3/h4-10,13H,11-12,14H2,1-3H3,(H2,22,23,24). The summed E-state index contributed by atoms with van der Waals surface area (Å²) in [7, 11) is 5.19. The number of nitrogens with one attached hydrogen (secondary N) is 2. The predicted molar refractivity (Wildman–Crippen MR) is 103 cm³/mol. The highest BCUT2D eigenvalue weighted by Gasteiger charge is 2.08. The molecule has 0 saturated carbocycles. The van der Waals surface area contributed by atoms with E-state index in [9.17, 15) is 9.18 Å². The van der Waals surface area contributed by atoms with Crippen molar-refractivity contribution in [2.75, 3.05) is 27.7 Å². The quantitative estimate of drug-likeness (QED) is 0.617. The molecule has 2 N–H and O–H groups in total. The molecule has 0 radical (unpaired) electrons. The molecular weight excluding hydrogens is 331 g/mol. The number of guanidine groups is 1. The maximum Gasteiger partial charge on any atom is 0.253 e. The monoisotopic (exact) mass is 356 g/mol. The average Bonchev–Trinajstić information content (AvgIpc) is 2.65. The maximum absolute atomic E-state index is 12.9. The van der Waals surface area contributed by atoms with Crippen LogP contribution < -0.4 is 10.6 Å². The van der Waals surface area contributed by atoms with Gasteiger partial charge in [0.1, 0.15) is 5.82 Å². The number of hydrogen-bond donors (Lipinski definition) is 2. The summed E-state index contributed by atoms with van der Waals surface area (Å²) in [5.74, 6) is 0.428. The van der Waals surface area contributed by atoms with Crippen LogP contribution in [0.15, 0.2) is 53.5 Å². The first kappa shape index (κ1) is 19.4. The zero-order valence-corrected chi connectivity index (χ0v) is 15.4. The zero-order valence-electron chi connectivity index (χ0n) is 15.4. The van der Waals surface area contributed by atoms with Gasteiger partial charge in [0, 0.05) is 39.8 Å². The van der Waals surface area contributed by atoms with Crippen molar-refractivity contribution in [2.24, 2.45) is 4.99 Å². The molecule has 0 spiro atoms. The maximum atomic E-state index is 12.9. The van der Waals surface area contributed by atoms with Crippen molar-refractivity contribution in [2.45, 2.75) is 13.0 Å². The van der Waals surface area contributed by atoms with Gasteiger partial charge < -0.3 is 15.5 Å². The number of hydrogen-bond acceptors (Lipinski definition) is 2. The van der Waals surface area contributed by atoms with Gasteiger partial charge >= 0.3 is 0 Å². The lowest BCUT2D eigenvalue weighted by Crippen LogP contribution is -2.37. The fraction of sp³-hybridized carbons (Fsp3) is 0.300. The number of benzene rings is 2. The Kier molecular flexibility index (Phi) is 7.14. The van der Waals surface area contributed by atoms with Gasteiger partial charge in [0.05, 0.1) is 0 Å². The van der Waals surface area contributed by atoms with Crippen LogP contribution in [-0.2, 0) is 13.0 Å². The summed E-state index contributed by atoms with van der Waals surface area (Å²) >= 11 is 0. The van der Waals surface area contributed by atoms with Gasteiger partial charge in [-0.05, 0) is 41.8 Å². The van der Waals surface area contributed by atoms with E-state index in [1.807, 2.05) is 24.3 Å². The molecule has 1 amide bonds. The van der Waals surface area contributed by atoms with Crippen LogP contribution >= 0.6 is 0 Å². The summed E-state index contributed by atoms with van der Waals surface area (Å²) in [6, 6.07) is 14.0. The van der Waals surface area contributed by atoms with E-state index in [2.05, 4.69) is 15.6 Å². The van der Waals surface area contributed by atoms with E-state index in [0.717, 1.165) is 17.5 Å². The molecule has 0 aliphatic heterocycles. The van der Waals surface area contributed by atoms with Crippen molar-refractivity contribution in [1.29, 1.82) is 0 Å². The highest BCUT2D eigenvalue weighted by atomic mass is 19.1. The molecule has 2 aromatic carbocycles. The van der Waals surface area contributed by atoms with Crippen molar-refractivity contribution >= 4 is 11.9 Å². The summed E-state index contributed by atoms with van der Waals surface area (Å²) in [5, 5.41) is 6.43. The number of amides is 1. The highest BCUT2D eigenvalue weighted by Crippen LogP contribution is 2.08. The van der Waals surface area contributed by atoms with Gasteiger partial charge in [-0.3, -0.25) is 9.79 Å². The van der Waals surface area contributed by atoms with E-state index in [-0.39, 0.29) is 11.7 Å². The van der Waals surface area contributed by atoms with Crippen LogP contribution in [0.25, 0.3) is 0 Å². The molecule has 2 rings (SSSR count). The first-order valence-electron chi connectivity index (χ1n) is 8.49. The minimum atomic E-state index is -0.244. The molecule has 0 aliphatic rings. The molecule has 0 saturated heterocycles. The Morgan fingerprint density at radius 2 is 1.81 bits per heavy atom. The third kappa shape index (κ3) is 5.88. The molecule has 2 aromatic rings. The van der Waals surface area contributed by atoms with E-state index < -0.39 is 0 Å². The fourth-order valence-corrected chi connectivity index (χ4v) is 2.45. The van der Waals surface area contributed by atoms with E-state index in [1.165, 1.54) is 12.1 Å². The van der Waals surface area contributed by atoms with E-state index in [4.69, 9.17) is 0 Å². The van der Waals surface area contributed by atoms with Gasteiger partial charge in [0.2, 0.25) is 0 Å². The Hall–Kier alpha value is -2.89.